The molecule has 32 heavy (non-hydrogen) atoms. The number of hydrogen-bond donors (Lipinski definition) is 0. The first-order valence-electron chi connectivity index (χ1n) is 10.5. The van der Waals surface area contributed by atoms with Gasteiger partial charge in [0.2, 0.25) is 11.8 Å². The van der Waals surface area contributed by atoms with Crippen LogP contribution < -0.4 is 4.90 Å². The molecule has 0 bridgehead atoms. The van der Waals surface area contributed by atoms with Gasteiger partial charge in [0.1, 0.15) is 11.9 Å². The van der Waals surface area contributed by atoms with Gasteiger partial charge in [0.25, 0.3) is 0 Å². The lowest BCUT2D eigenvalue weighted by Gasteiger charge is -2.38. The van der Waals surface area contributed by atoms with E-state index < -0.39 is 35.3 Å². The maximum absolute atomic E-state index is 13.9. The Hall–Kier alpha value is -2.99. The number of rotatable bonds is 2. The molecule has 0 N–H and O–H groups in total. The molecule has 0 aliphatic carbocycles. The summed E-state index contributed by atoms with van der Waals surface area (Å²) >= 11 is 6.34. The summed E-state index contributed by atoms with van der Waals surface area (Å²) in [4.78, 5) is 44.0. The third-order valence-corrected chi connectivity index (χ3v) is 6.88. The number of imide groups is 1. The van der Waals surface area contributed by atoms with Crippen LogP contribution in [-0.4, -0.2) is 40.1 Å². The van der Waals surface area contributed by atoms with Gasteiger partial charge in [-0.1, -0.05) is 35.9 Å². The van der Waals surface area contributed by atoms with E-state index in [9.17, 15) is 18.8 Å². The van der Waals surface area contributed by atoms with Crippen LogP contribution in [0.15, 0.2) is 48.5 Å². The van der Waals surface area contributed by atoms with Gasteiger partial charge in [-0.25, -0.2) is 4.39 Å². The van der Waals surface area contributed by atoms with Crippen molar-refractivity contribution in [2.24, 2.45) is 11.8 Å². The van der Waals surface area contributed by atoms with E-state index >= 15 is 0 Å². The predicted octanol–water partition coefficient (Wildman–Crippen LogP) is 4.35. The monoisotopic (exact) mass is 452 g/mol. The van der Waals surface area contributed by atoms with Gasteiger partial charge in [-0.2, -0.15) is 0 Å². The average molecular weight is 453 g/mol. The van der Waals surface area contributed by atoms with Crippen molar-refractivity contribution in [1.82, 2.24) is 4.90 Å². The number of halogens is 2. The van der Waals surface area contributed by atoms with Crippen LogP contribution in [-0.2, 0) is 9.59 Å². The van der Waals surface area contributed by atoms with E-state index in [0.29, 0.717) is 16.8 Å². The van der Waals surface area contributed by atoms with Gasteiger partial charge in [0.05, 0.1) is 22.9 Å². The molecule has 2 amide bonds. The van der Waals surface area contributed by atoms with E-state index in [0.717, 1.165) is 0 Å². The average Bonchev–Trinajstić information content (AvgIpc) is 3.20. The second-order valence-corrected chi connectivity index (χ2v) is 9.89. The number of carbonyl (C=O) groups is 3. The fourth-order valence-electron chi connectivity index (χ4n) is 5.33. The van der Waals surface area contributed by atoms with E-state index in [1.54, 1.807) is 63.3 Å². The van der Waals surface area contributed by atoms with E-state index in [4.69, 9.17) is 11.6 Å². The molecule has 2 saturated heterocycles. The molecule has 3 heterocycles. The van der Waals surface area contributed by atoms with Gasteiger partial charge in [0.15, 0.2) is 5.78 Å². The molecule has 0 aromatic heterocycles. The molecule has 3 aliphatic rings. The second kappa shape index (κ2) is 7.01. The SMILES string of the molecule is CC(C)(C)N1C(=O)[C@@H]2[C@H](C1=O)[C@@H]1C=Cc3cc(F)ccc3N1[C@@H]2C(=O)c1ccccc1Cl. The minimum absolute atomic E-state index is 0.285. The number of anilines is 1. The zero-order chi connectivity index (χ0) is 22.9. The van der Waals surface area contributed by atoms with Gasteiger partial charge >= 0.3 is 0 Å². The molecule has 164 valence electrons. The van der Waals surface area contributed by atoms with E-state index in [1.165, 1.54) is 17.0 Å². The van der Waals surface area contributed by atoms with Crippen molar-refractivity contribution in [3.63, 3.8) is 0 Å². The Labute approximate surface area is 190 Å². The summed E-state index contributed by atoms with van der Waals surface area (Å²) in [5.74, 6) is -2.91. The predicted molar refractivity (Wildman–Crippen MR) is 120 cm³/mol. The van der Waals surface area contributed by atoms with E-state index in [2.05, 4.69) is 0 Å². The second-order valence-electron chi connectivity index (χ2n) is 9.48. The summed E-state index contributed by atoms with van der Waals surface area (Å²) in [5, 5.41) is 0.286. The van der Waals surface area contributed by atoms with Crippen LogP contribution in [0.3, 0.4) is 0 Å². The maximum atomic E-state index is 13.9. The highest BCUT2D eigenvalue weighted by molar-refractivity contribution is 6.34. The minimum atomic E-state index is -0.928. The van der Waals surface area contributed by atoms with Crippen LogP contribution in [0.5, 0.6) is 0 Å². The molecule has 4 atom stereocenters. The van der Waals surface area contributed by atoms with E-state index in [1.807, 2.05) is 4.90 Å². The van der Waals surface area contributed by atoms with Crippen molar-refractivity contribution in [2.75, 3.05) is 4.90 Å². The molecule has 0 saturated carbocycles. The van der Waals surface area contributed by atoms with Gasteiger partial charge < -0.3 is 4.90 Å². The Morgan fingerprint density at radius 2 is 1.72 bits per heavy atom. The van der Waals surface area contributed by atoms with Crippen molar-refractivity contribution < 1.29 is 18.8 Å². The molecular weight excluding hydrogens is 431 g/mol. The number of benzene rings is 2. The Balaban J connectivity index is 1.70. The van der Waals surface area contributed by atoms with Crippen molar-refractivity contribution in [3.05, 3.63) is 70.5 Å². The first-order valence-corrected chi connectivity index (χ1v) is 10.9. The van der Waals surface area contributed by atoms with Crippen molar-refractivity contribution >= 4 is 41.0 Å². The van der Waals surface area contributed by atoms with Crippen molar-refractivity contribution in [3.8, 4) is 0 Å². The molecule has 0 radical (unpaired) electrons. The molecule has 5 rings (SSSR count). The number of hydrogen-bond acceptors (Lipinski definition) is 4. The Bertz CT molecular complexity index is 1200. The summed E-state index contributed by atoms with van der Waals surface area (Å²) in [6.07, 6.45) is 3.56. The lowest BCUT2D eigenvalue weighted by atomic mass is 9.86. The molecule has 2 fully saturated rings. The highest BCUT2D eigenvalue weighted by Gasteiger charge is 2.65. The molecule has 5 nitrogen and oxygen atoms in total. The largest absolute Gasteiger partial charge is 0.352 e. The summed E-state index contributed by atoms with van der Waals surface area (Å²) < 4.78 is 13.9. The first kappa shape index (κ1) is 20.9. The maximum Gasteiger partial charge on any atom is 0.236 e. The summed E-state index contributed by atoms with van der Waals surface area (Å²) in [5.41, 5.74) is 0.819. The third-order valence-electron chi connectivity index (χ3n) is 6.55. The molecule has 2 aromatic rings. The standard InChI is InChI=1S/C25H22ClFN2O3/c1-25(2,3)29-23(31)19-18-10-8-13-12-14(27)9-11-17(13)28(18)21(20(19)24(29)32)22(30)15-6-4-5-7-16(15)26/h4-12,18-21H,1-3H3/t18-,19+,20+,21-/m0/s1. The number of Topliss-reactive ketones (excluding diaryl/α,β-unsaturated/α-hetero) is 1. The molecule has 0 spiro atoms. The Morgan fingerprint density at radius 3 is 2.41 bits per heavy atom. The highest BCUT2D eigenvalue weighted by atomic mass is 35.5. The van der Waals surface area contributed by atoms with Crippen molar-refractivity contribution in [1.29, 1.82) is 0 Å². The van der Waals surface area contributed by atoms with Crippen LogP contribution in [0.2, 0.25) is 5.02 Å². The minimum Gasteiger partial charge on any atom is -0.352 e. The number of nitrogens with zero attached hydrogens (tertiary/aromatic N) is 2. The van der Waals surface area contributed by atoms with Gasteiger partial charge in [-0.15, -0.1) is 0 Å². The summed E-state index contributed by atoms with van der Waals surface area (Å²) in [6, 6.07) is 9.59. The summed E-state index contributed by atoms with van der Waals surface area (Å²) in [7, 11) is 0. The van der Waals surface area contributed by atoms with Gasteiger partial charge in [0, 0.05) is 22.4 Å². The fraction of sp³-hybridized carbons (Fsp3) is 0.320. The molecule has 2 aromatic carbocycles. The fourth-order valence-corrected chi connectivity index (χ4v) is 5.55. The Kier molecular flexibility index (Phi) is 4.57. The molecular formula is C25H22ClFN2O3. The molecule has 3 aliphatic heterocycles. The zero-order valence-electron chi connectivity index (χ0n) is 17.9. The number of amides is 2. The van der Waals surface area contributed by atoms with Crippen LogP contribution >= 0.6 is 11.6 Å². The van der Waals surface area contributed by atoms with Gasteiger partial charge in [-0.05, 0) is 51.1 Å². The van der Waals surface area contributed by atoms with Crippen molar-refractivity contribution in [2.45, 2.75) is 38.4 Å². The topological polar surface area (TPSA) is 57.7 Å². The number of ketones is 1. The zero-order valence-corrected chi connectivity index (χ0v) is 18.6. The van der Waals surface area contributed by atoms with Crippen LogP contribution in [0.1, 0.15) is 36.7 Å². The first-order chi connectivity index (χ1) is 15.1. The van der Waals surface area contributed by atoms with E-state index in [-0.39, 0.29) is 22.6 Å². The van der Waals surface area contributed by atoms with Crippen LogP contribution in [0, 0.1) is 17.7 Å². The quantitative estimate of drug-likeness (QED) is 0.502. The highest BCUT2D eigenvalue weighted by Crippen LogP contribution is 2.50. The number of fused-ring (bicyclic) bond motifs is 5. The number of carbonyl (C=O) groups excluding carboxylic acids is 3. The van der Waals surface area contributed by atoms with Crippen LogP contribution in [0.25, 0.3) is 6.08 Å². The normalized spacial score (nSPS) is 26.3. The number of likely N-dealkylation sites (tertiary alicyclic amines) is 1. The van der Waals surface area contributed by atoms with Gasteiger partial charge in [-0.3, -0.25) is 19.3 Å². The summed E-state index contributed by atoms with van der Waals surface area (Å²) in [6.45, 7) is 5.42. The molecule has 7 heteroatoms. The third kappa shape index (κ3) is 2.85. The lowest BCUT2D eigenvalue weighted by molar-refractivity contribution is -0.145. The van der Waals surface area contributed by atoms with Crippen LogP contribution in [0.4, 0.5) is 10.1 Å². The smallest absolute Gasteiger partial charge is 0.236 e. The lowest BCUT2D eigenvalue weighted by Crippen LogP contribution is -2.52. The Morgan fingerprint density at radius 1 is 1.03 bits per heavy atom. The molecule has 0 unspecified atom stereocenters.